The number of rotatable bonds is 0. The normalized spacial score (nSPS) is 15.9. The number of nitrogens with zero attached hydrogens (tertiary/aromatic N) is 2. The van der Waals surface area contributed by atoms with Crippen LogP contribution in [0.2, 0.25) is 0 Å². The zero-order chi connectivity index (χ0) is 10.6. The highest BCUT2D eigenvalue weighted by Gasteiger charge is 2.20. The summed E-state index contributed by atoms with van der Waals surface area (Å²) in [4.78, 5) is 25.7. The average Bonchev–Trinajstić information content (AvgIpc) is 2.18. The molecule has 1 aliphatic heterocycles. The van der Waals surface area contributed by atoms with Crippen LogP contribution in [0.25, 0.3) is 0 Å². The molecule has 4 nitrogen and oxygen atoms in total. The first-order chi connectivity index (χ1) is 6.65. The first kappa shape index (κ1) is 10.6. The highest BCUT2D eigenvalue weighted by Crippen LogP contribution is 2.01. The molecule has 76 valence electrons. The van der Waals surface area contributed by atoms with E-state index in [1.54, 1.807) is 23.6 Å². The van der Waals surface area contributed by atoms with Gasteiger partial charge >= 0.3 is 0 Å². The SMILES string of the molecule is CC#CC(=O)N1CCN(C(C)=O)CC1. The second-order valence-corrected chi connectivity index (χ2v) is 3.17. The fourth-order valence-electron chi connectivity index (χ4n) is 1.41. The van der Waals surface area contributed by atoms with E-state index < -0.39 is 0 Å². The van der Waals surface area contributed by atoms with Gasteiger partial charge in [0.1, 0.15) is 0 Å². The summed E-state index contributed by atoms with van der Waals surface area (Å²) in [5, 5.41) is 0. The van der Waals surface area contributed by atoms with Crippen molar-refractivity contribution in [2.45, 2.75) is 13.8 Å². The number of carbonyl (C=O) groups is 2. The molecule has 1 fully saturated rings. The van der Waals surface area contributed by atoms with Crippen LogP contribution in [0.1, 0.15) is 13.8 Å². The second-order valence-electron chi connectivity index (χ2n) is 3.17. The Hall–Kier alpha value is -1.50. The zero-order valence-corrected chi connectivity index (χ0v) is 8.54. The van der Waals surface area contributed by atoms with Crippen molar-refractivity contribution in [2.24, 2.45) is 0 Å². The van der Waals surface area contributed by atoms with Crippen LogP contribution < -0.4 is 0 Å². The molecule has 2 amide bonds. The van der Waals surface area contributed by atoms with E-state index in [4.69, 9.17) is 0 Å². The Labute approximate surface area is 83.9 Å². The van der Waals surface area contributed by atoms with E-state index in [9.17, 15) is 9.59 Å². The second kappa shape index (κ2) is 4.66. The Morgan fingerprint density at radius 3 is 2.00 bits per heavy atom. The lowest BCUT2D eigenvalue weighted by Gasteiger charge is -2.33. The van der Waals surface area contributed by atoms with Gasteiger partial charge in [-0.15, -0.1) is 0 Å². The van der Waals surface area contributed by atoms with Gasteiger partial charge < -0.3 is 9.80 Å². The summed E-state index contributed by atoms with van der Waals surface area (Å²) in [7, 11) is 0. The quantitative estimate of drug-likeness (QED) is 0.497. The summed E-state index contributed by atoms with van der Waals surface area (Å²) >= 11 is 0. The minimum absolute atomic E-state index is 0.0682. The van der Waals surface area contributed by atoms with E-state index >= 15 is 0 Å². The lowest BCUT2D eigenvalue weighted by molar-refractivity contribution is -0.135. The summed E-state index contributed by atoms with van der Waals surface area (Å²) in [5.41, 5.74) is 0. The molecule has 0 unspecified atom stereocenters. The minimum Gasteiger partial charge on any atom is -0.339 e. The zero-order valence-electron chi connectivity index (χ0n) is 8.54. The minimum atomic E-state index is -0.143. The van der Waals surface area contributed by atoms with Crippen molar-refractivity contribution >= 4 is 11.8 Å². The van der Waals surface area contributed by atoms with Gasteiger partial charge in [0.25, 0.3) is 5.91 Å². The molecule has 0 bridgehead atoms. The van der Waals surface area contributed by atoms with Crippen molar-refractivity contribution in [1.82, 2.24) is 9.80 Å². The third-order valence-corrected chi connectivity index (χ3v) is 2.24. The molecule has 0 atom stereocenters. The molecule has 0 aromatic heterocycles. The highest BCUT2D eigenvalue weighted by molar-refractivity contribution is 5.93. The van der Waals surface area contributed by atoms with Crippen molar-refractivity contribution in [3.05, 3.63) is 0 Å². The van der Waals surface area contributed by atoms with Crippen molar-refractivity contribution in [3.63, 3.8) is 0 Å². The molecule has 0 radical (unpaired) electrons. The third kappa shape index (κ3) is 2.49. The van der Waals surface area contributed by atoms with E-state index in [0.717, 1.165) is 0 Å². The predicted octanol–water partition coefficient (Wildman–Crippen LogP) is -0.300. The van der Waals surface area contributed by atoms with Gasteiger partial charge in [-0.2, -0.15) is 0 Å². The average molecular weight is 194 g/mol. The van der Waals surface area contributed by atoms with Crippen LogP contribution >= 0.6 is 0 Å². The molecule has 0 aromatic rings. The van der Waals surface area contributed by atoms with Crippen LogP contribution in [0.5, 0.6) is 0 Å². The maximum atomic E-state index is 11.3. The Kier molecular flexibility index (Phi) is 3.52. The number of piperazine rings is 1. The fourth-order valence-corrected chi connectivity index (χ4v) is 1.41. The van der Waals surface area contributed by atoms with Crippen molar-refractivity contribution in [2.75, 3.05) is 26.2 Å². The molecule has 4 heteroatoms. The molecule has 14 heavy (non-hydrogen) atoms. The van der Waals surface area contributed by atoms with E-state index in [2.05, 4.69) is 11.8 Å². The van der Waals surface area contributed by atoms with Gasteiger partial charge in [0, 0.05) is 33.1 Å². The largest absolute Gasteiger partial charge is 0.339 e. The van der Waals surface area contributed by atoms with Crippen LogP contribution in [-0.2, 0) is 9.59 Å². The molecule has 0 N–H and O–H groups in total. The number of amides is 2. The van der Waals surface area contributed by atoms with Crippen molar-refractivity contribution in [1.29, 1.82) is 0 Å². The first-order valence-corrected chi connectivity index (χ1v) is 4.62. The Morgan fingerprint density at radius 2 is 1.57 bits per heavy atom. The summed E-state index contributed by atoms with van der Waals surface area (Å²) in [6, 6.07) is 0. The topological polar surface area (TPSA) is 40.6 Å². The fraction of sp³-hybridized carbons (Fsp3) is 0.600. The molecule has 1 heterocycles. The molecule has 0 aliphatic carbocycles. The number of hydrogen-bond donors (Lipinski definition) is 0. The van der Waals surface area contributed by atoms with Gasteiger partial charge in [-0.1, -0.05) is 5.92 Å². The van der Waals surface area contributed by atoms with Crippen molar-refractivity contribution < 1.29 is 9.59 Å². The van der Waals surface area contributed by atoms with E-state index in [-0.39, 0.29) is 11.8 Å². The van der Waals surface area contributed by atoms with Gasteiger partial charge in [-0.25, -0.2) is 0 Å². The molecular formula is C10H14N2O2. The smallest absolute Gasteiger partial charge is 0.298 e. The van der Waals surface area contributed by atoms with Crippen LogP contribution in [0.4, 0.5) is 0 Å². The van der Waals surface area contributed by atoms with Gasteiger partial charge in [-0.3, -0.25) is 9.59 Å². The number of carbonyl (C=O) groups excluding carboxylic acids is 2. The summed E-state index contributed by atoms with van der Waals surface area (Å²) in [6.45, 7) is 5.60. The van der Waals surface area contributed by atoms with Gasteiger partial charge in [0.15, 0.2) is 0 Å². The molecule has 0 aromatic carbocycles. The lowest BCUT2D eigenvalue weighted by atomic mass is 10.3. The van der Waals surface area contributed by atoms with Crippen molar-refractivity contribution in [3.8, 4) is 11.8 Å². The Balaban J connectivity index is 2.45. The first-order valence-electron chi connectivity index (χ1n) is 4.62. The van der Waals surface area contributed by atoms with Crippen LogP contribution in [0, 0.1) is 11.8 Å². The van der Waals surface area contributed by atoms with Crippen LogP contribution in [0.3, 0.4) is 0 Å². The molecule has 1 rings (SSSR count). The Bertz CT molecular complexity index is 293. The van der Waals surface area contributed by atoms with Crippen LogP contribution in [0.15, 0.2) is 0 Å². The molecule has 0 spiro atoms. The maximum Gasteiger partial charge on any atom is 0.298 e. The monoisotopic (exact) mass is 194 g/mol. The lowest BCUT2D eigenvalue weighted by Crippen LogP contribution is -2.49. The van der Waals surface area contributed by atoms with E-state index in [0.29, 0.717) is 26.2 Å². The highest BCUT2D eigenvalue weighted by atomic mass is 16.2. The van der Waals surface area contributed by atoms with E-state index in [1.807, 2.05) is 0 Å². The predicted molar refractivity (Wildman–Crippen MR) is 52.3 cm³/mol. The molecule has 1 saturated heterocycles. The summed E-state index contributed by atoms with van der Waals surface area (Å²) in [6.07, 6.45) is 0. The third-order valence-electron chi connectivity index (χ3n) is 2.24. The van der Waals surface area contributed by atoms with Gasteiger partial charge in [0.05, 0.1) is 0 Å². The molecule has 1 aliphatic rings. The summed E-state index contributed by atoms with van der Waals surface area (Å²) in [5.74, 6) is 5.00. The van der Waals surface area contributed by atoms with Gasteiger partial charge in [-0.05, 0) is 12.8 Å². The molecule has 0 saturated carbocycles. The maximum absolute atomic E-state index is 11.3. The van der Waals surface area contributed by atoms with Gasteiger partial charge in [0.2, 0.25) is 5.91 Å². The number of hydrogen-bond acceptors (Lipinski definition) is 2. The summed E-state index contributed by atoms with van der Waals surface area (Å²) < 4.78 is 0. The van der Waals surface area contributed by atoms with Crippen LogP contribution in [-0.4, -0.2) is 47.8 Å². The van der Waals surface area contributed by atoms with E-state index in [1.165, 1.54) is 0 Å². The molecular weight excluding hydrogens is 180 g/mol. The standard InChI is InChI=1S/C10H14N2O2/c1-3-4-10(14)12-7-5-11(6-8-12)9(2)13/h5-8H2,1-2H3. The Morgan fingerprint density at radius 1 is 1.07 bits per heavy atom.